The molecular formula is C23H33NO12. The fourth-order valence-corrected chi connectivity index (χ4v) is 4.13. The Balaban J connectivity index is 3.72. The van der Waals surface area contributed by atoms with Crippen molar-refractivity contribution >= 4 is 29.8 Å². The minimum atomic E-state index is -1.64. The van der Waals surface area contributed by atoms with E-state index in [1.165, 1.54) is 0 Å². The zero-order valence-corrected chi connectivity index (χ0v) is 21.4. The van der Waals surface area contributed by atoms with Crippen LogP contribution in [0.15, 0.2) is 11.1 Å². The van der Waals surface area contributed by atoms with Crippen molar-refractivity contribution in [1.82, 2.24) is 0 Å². The van der Waals surface area contributed by atoms with Crippen LogP contribution in [-0.2, 0) is 47.7 Å². The molecule has 0 bridgehead atoms. The van der Waals surface area contributed by atoms with Crippen molar-refractivity contribution in [3.05, 3.63) is 21.3 Å². The molecule has 6 atom stereocenters. The number of nitrogens with zero attached hydrogens (tertiary/aromatic N) is 1. The average Bonchev–Trinajstić information content (AvgIpc) is 2.72. The van der Waals surface area contributed by atoms with Crippen LogP contribution in [0, 0.1) is 16.0 Å². The van der Waals surface area contributed by atoms with Gasteiger partial charge in [-0.25, -0.2) is 0 Å². The van der Waals surface area contributed by atoms with Gasteiger partial charge in [0.05, 0.1) is 5.92 Å². The fraction of sp³-hybridized carbons (Fsp3) is 0.696. The first kappa shape index (κ1) is 30.5. The summed E-state index contributed by atoms with van der Waals surface area (Å²) in [4.78, 5) is 71.0. The Bertz CT molecular complexity index is 911. The molecule has 0 amide bonds. The molecule has 1 aliphatic carbocycles. The number of rotatable bonds is 11. The minimum absolute atomic E-state index is 0.0487. The molecule has 0 heterocycles. The highest BCUT2D eigenvalue weighted by atomic mass is 16.6. The van der Waals surface area contributed by atoms with E-state index in [0.717, 1.165) is 45.8 Å². The van der Waals surface area contributed by atoms with E-state index in [2.05, 4.69) is 0 Å². The number of nitro groups is 1. The Morgan fingerprint density at radius 2 is 1.25 bits per heavy atom. The zero-order chi connectivity index (χ0) is 27.7. The molecule has 0 aromatic rings. The molecule has 1 aliphatic rings. The largest absolute Gasteiger partial charge is 0.462 e. The fourth-order valence-electron chi connectivity index (χ4n) is 4.13. The summed E-state index contributed by atoms with van der Waals surface area (Å²) >= 11 is 0. The first-order chi connectivity index (χ1) is 16.6. The van der Waals surface area contributed by atoms with Gasteiger partial charge in [0, 0.05) is 46.0 Å². The van der Waals surface area contributed by atoms with E-state index in [4.69, 9.17) is 23.7 Å². The molecule has 0 saturated heterocycles. The summed E-state index contributed by atoms with van der Waals surface area (Å²) in [5, 5.41) is 12.0. The standard InChI is InChI=1S/C23H33NO12/c1-11-8-18(19(24(30)31)9-12(11)2)21(34-15(5)27)23(36-17(7)29)22(35-16(6)28)20(33-14(4)26)10-32-13(3)25/h18-23H,8-10H2,1-7H3/t18-,19-,20+,21-,22-,23+/m0/s1. The third-order valence-corrected chi connectivity index (χ3v) is 5.66. The summed E-state index contributed by atoms with van der Waals surface area (Å²) in [7, 11) is 0. The van der Waals surface area contributed by atoms with E-state index >= 15 is 0 Å². The molecule has 0 unspecified atom stereocenters. The first-order valence-corrected chi connectivity index (χ1v) is 11.2. The van der Waals surface area contributed by atoms with Gasteiger partial charge in [-0.15, -0.1) is 0 Å². The highest BCUT2D eigenvalue weighted by Gasteiger charge is 2.52. The van der Waals surface area contributed by atoms with Gasteiger partial charge in [0.1, 0.15) is 6.61 Å². The van der Waals surface area contributed by atoms with Crippen LogP contribution >= 0.6 is 0 Å². The Kier molecular flexibility index (Phi) is 11.5. The molecule has 36 heavy (non-hydrogen) atoms. The zero-order valence-electron chi connectivity index (χ0n) is 21.4. The molecule has 13 heteroatoms. The maximum atomic E-state index is 12.1. The SMILES string of the molecule is CC(=O)OC[C@@H](OC(C)=O)[C@H](OC(C)=O)[C@H](OC(C)=O)[C@@H](OC(C)=O)[C@H]1CC(C)=C(C)C[C@@H]1[N+](=O)[O-]. The Morgan fingerprint density at radius 3 is 1.69 bits per heavy atom. The van der Waals surface area contributed by atoms with Gasteiger partial charge in [-0.3, -0.25) is 34.1 Å². The summed E-state index contributed by atoms with van der Waals surface area (Å²) in [6.45, 7) is 8.22. The summed E-state index contributed by atoms with van der Waals surface area (Å²) in [5.41, 5.74) is 1.61. The normalized spacial score (nSPS) is 20.8. The molecule has 0 aliphatic heterocycles. The number of esters is 5. The van der Waals surface area contributed by atoms with Crippen LogP contribution in [-0.4, -0.2) is 71.8 Å². The molecule has 0 saturated carbocycles. The second-order valence-electron chi connectivity index (χ2n) is 8.66. The van der Waals surface area contributed by atoms with Crippen molar-refractivity contribution in [2.24, 2.45) is 5.92 Å². The van der Waals surface area contributed by atoms with Crippen molar-refractivity contribution in [2.75, 3.05) is 6.61 Å². The van der Waals surface area contributed by atoms with Crippen molar-refractivity contribution < 1.29 is 52.6 Å². The van der Waals surface area contributed by atoms with Crippen LogP contribution in [0.1, 0.15) is 61.3 Å². The van der Waals surface area contributed by atoms with Gasteiger partial charge in [-0.1, -0.05) is 11.1 Å². The lowest BCUT2D eigenvalue weighted by molar-refractivity contribution is -0.535. The van der Waals surface area contributed by atoms with Crippen molar-refractivity contribution in [2.45, 2.75) is 91.8 Å². The van der Waals surface area contributed by atoms with E-state index in [0.29, 0.717) is 0 Å². The number of allylic oxidation sites excluding steroid dienone is 1. The van der Waals surface area contributed by atoms with Crippen molar-refractivity contribution in [1.29, 1.82) is 0 Å². The van der Waals surface area contributed by atoms with Gasteiger partial charge in [0.25, 0.3) is 0 Å². The van der Waals surface area contributed by atoms with Crippen LogP contribution in [0.5, 0.6) is 0 Å². The summed E-state index contributed by atoms with van der Waals surface area (Å²) in [5.74, 6) is -5.20. The van der Waals surface area contributed by atoms with Crippen LogP contribution in [0.2, 0.25) is 0 Å². The maximum Gasteiger partial charge on any atom is 0.303 e. The maximum absolute atomic E-state index is 12.1. The molecule has 0 spiro atoms. The summed E-state index contributed by atoms with van der Waals surface area (Å²) in [6.07, 6.45) is -6.10. The monoisotopic (exact) mass is 515 g/mol. The predicted molar refractivity (Wildman–Crippen MR) is 121 cm³/mol. The van der Waals surface area contributed by atoms with E-state index in [-0.39, 0.29) is 12.8 Å². The lowest BCUT2D eigenvalue weighted by Gasteiger charge is -2.40. The molecule has 0 radical (unpaired) electrons. The van der Waals surface area contributed by atoms with Gasteiger partial charge < -0.3 is 23.7 Å². The van der Waals surface area contributed by atoms with E-state index < -0.39 is 77.8 Å². The predicted octanol–water partition coefficient (Wildman–Crippen LogP) is 1.67. The number of hydrogen-bond donors (Lipinski definition) is 0. The van der Waals surface area contributed by atoms with Gasteiger partial charge in [0.2, 0.25) is 6.04 Å². The van der Waals surface area contributed by atoms with Gasteiger partial charge in [-0.05, 0) is 20.3 Å². The molecule has 202 valence electrons. The van der Waals surface area contributed by atoms with Crippen LogP contribution in [0.4, 0.5) is 0 Å². The Morgan fingerprint density at radius 1 is 0.778 bits per heavy atom. The minimum Gasteiger partial charge on any atom is -0.462 e. The van der Waals surface area contributed by atoms with Crippen LogP contribution in [0.25, 0.3) is 0 Å². The highest BCUT2D eigenvalue weighted by molar-refractivity contribution is 5.69. The number of hydrogen-bond acceptors (Lipinski definition) is 12. The molecular weight excluding hydrogens is 482 g/mol. The van der Waals surface area contributed by atoms with Crippen LogP contribution in [0.3, 0.4) is 0 Å². The molecule has 0 aromatic carbocycles. The number of ether oxygens (including phenoxy) is 5. The van der Waals surface area contributed by atoms with Crippen molar-refractivity contribution in [3.63, 3.8) is 0 Å². The van der Waals surface area contributed by atoms with Gasteiger partial charge in [-0.2, -0.15) is 0 Å². The molecule has 0 aromatic heterocycles. The van der Waals surface area contributed by atoms with Gasteiger partial charge in [0.15, 0.2) is 24.4 Å². The van der Waals surface area contributed by atoms with Crippen LogP contribution < -0.4 is 0 Å². The molecule has 1 rings (SSSR count). The second kappa shape index (κ2) is 13.5. The Hall–Kier alpha value is -3.51. The van der Waals surface area contributed by atoms with Crippen molar-refractivity contribution in [3.8, 4) is 0 Å². The van der Waals surface area contributed by atoms with E-state index in [9.17, 15) is 34.1 Å². The third-order valence-electron chi connectivity index (χ3n) is 5.66. The quantitative estimate of drug-likeness (QED) is 0.128. The number of carbonyl (C=O) groups is 5. The topological polar surface area (TPSA) is 175 Å². The third kappa shape index (κ3) is 9.27. The average molecular weight is 516 g/mol. The highest BCUT2D eigenvalue weighted by Crippen LogP contribution is 2.37. The van der Waals surface area contributed by atoms with Gasteiger partial charge >= 0.3 is 29.8 Å². The van der Waals surface area contributed by atoms with E-state index in [1.54, 1.807) is 13.8 Å². The first-order valence-electron chi connectivity index (χ1n) is 11.2. The summed E-state index contributed by atoms with van der Waals surface area (Å²) in [6, 6.07) is -1.23. The van der Waals surface area contributed by atoms with E-state index in [1.807, 2.05) is 0 Å². The molecule has 13 nitrogen and oxygen atoms in total. The number of carbonyl (C=O) groups excluding carboxylic acids is 5. The lowest BCUT2D eigenvalue weighted by Crippen LogP contribution is -2.57. The second-order valence-corrected chi connectivity index (χ2v) is 8.66. The Labute approximate surface area is 208 Å². The smallest absolute Gasteiger partial charge is 0.303 e. The molecule has 0 N–H and O–H groups in total. The molecule has 0 fully saturated rings. The summed E-state index contributed by atoms with van der Waals surface area (Å²) < 4.78 is 26.4. The lowest BCUT2D eigenvalue weighted by atomic mass is 9.76.